The van der Waals surface area contributed by atoms with E-state index in [9.17, 15) is 4.79 Å². The summed E-state index contributed by atoms with van der Waals surface area (Å²) in [4.78, 5) is 19.2. The second-order valence-corrected chi connectivity index (χ2v) is 4.99. The first-order chi connectivity index (χ1) is 8.88. The Balaban J connectivity index is 0.00000361. The van der Waals surface area contributed by atoms with Gasteiger partial charge in [-0.25, -0.2) is 4.98 Å². The first kappa shape index (κ1) is 18.6. The van der Waals surface area contributed by atoms with E-state index in [0.717, 1.165) is 0 Å². The van der Waals surface area contributed by atoms with Crippen LogP contribution in [0.2, 0.25) is 0 Å². The molecule has 1 heterocycles. The maximum atomic E-state index is 10.7. The number of nitrogens with one attached hydrogen (secondary N) is 2. The maximum Gasteiger partial charge on any atom is 0.217 e. The molecule has 6 N–H and O–H groups in total. The number of thiocarbonyl (C=S) groups is 1. The van der Waals surface area contributed by atoms with Gasteiger partial charge >= 0.3 is 0 Å². The molecule has 1 amide bonds. The fraction of sp³-hybridized carbons (Fsp3) is 0.300. The van der Waals surface area contributed by atoms with Crippen LogP contribution in [0.4, 0.5) is 5.13 Å². The van der Waals surface area contributed by atoms with Crippen molar-refractivity contribution in [1.29, 1.82) is 5.41 Å². The quantitative estimate of drug-likeness (QED) is 0.252. The summed E-state index contributed by atoms with van der Waals surface area (Å²) in [6, 6.07) is 0. The Bertz CT molecular complexity index is 538. The number of carbonyl (C=O) groups is 1. The lowest BCUT2D eigenvalue weighted by molar-refractivity contribution is -0.118. The molecule has 0 bridgehead atoms. The van der Waals surface area contributed by atoms with Crippen molar-refractivity contribution >= 4 is 68.1 Å². The molecule has 20 heavy (non-hydrogen) atoms. The number of hydrogen-bond donors (Lipinski definition) is 4. The van der Waals surface area contributed by atoms with Gasteiger partial charge in [0.25, 0.3) is 0 Å². The number of carbonyl (C=O) groups excluding carboxylic acids is 1. The van der Waals surface area contributed by atoms with Crippen molar-refractivity contribution in [2.24, 2.45) is 16.5 Å². The van der Waals surface area contributed by atoms with Crippen LogP contribution < -0.4 is 16.8 Å². The van der Waals surface area contributed by atoms with E-state index in [1.165, 1.54) is 18.3 Å². The van der Waals surface area contributed by atoms with E-state index in [4.69, 9.17) is 29.1 Å². The molecule has 10 heteroatoms. The Kier molecular flexibility index (Phi) is 8.11. The molecule has 0 unspecified atom stereocenters. The predicted molar refractivity (Wildman–Crippen MR) is 90.6 cm³/mol. The summed E-state index contributed by atoms with van der Waals surface area (Å²) in [6.07, 6.45) is 0.264. The minimum atomic E-state index is -0.181. The summed E-state index contributed by atoms with van der Waals surface area (Å²) in [7, 11) is 0. The summed E-state index contributed by atoms with van der Waals surface area (Å²) in [5.41, 5.74) is 11.4. The van der Waals surface area contributed by atoms with Gasteiger partial charge in [-0.05, 0) is 0 Å². The lowest BCUT2D eigenvalue weighted by Crippen LogP contribution is -2.27. The third-order valence-electron chi connectivity index (χ3n) is 1.93. The van der Waals surface area contributed by atoms with Crippen molar-refractivity contribution in [3.8, 4) is 0 Å². The monoisotopic (exact) mass is 378 g/mol. The minimum absolute atomic E-state index is 0. The standard InChI is InChI=1S/C10H14N6OS2.BrH/c1-5(17)14-3-6(11)2-8(18)7-4-19-10(15-7)16-9(12)13;/h4,11H,2-3H2,1H3,(H,14,17)(H4,12,13,15,16);1H. The number of thiazole rings is 1. The summed E-state index contributed by atoms with van der Waals surface area (Å²) in [5.74, 6) is -0.246. The van der Waals surface area contributed by atoms with E-state index < -0.39 is 0 Å². The molecule has 1 rings (SSSR count). The van der Waals surface area contributed by atoms with Crippen molar-refractivity contribution in [1.82, 2.24) is 10.3 Å². The number of nitrogens with two attached hydrogens (primary N) is 2. The summed E-state index contributed by atoms with van der Waals surface area (Å²) >= 11 is 6.45. The van der Waals surface area contributed by atoms with Crippen LogP contribution in [0.3, 0.4) is 0 Å². The van der Waals surface area contributed by atoms with E-state index in [1.54, 1.807) is 5.38 Å². The highest BCUT2D eigenvalue weighted by molar-refractivity contribution is 8.93. The fourth-order valence-electron chi connectivity index (χ4n) is 1.13. The Morgan fingerprint density at radius 2 is 2.25 bits per heavy atom. The van der Waals surface area contributed by atoms with Gasteiger partial charge in [-0.1, -0.05) is 12.2 Å². The smallest absolute Gasteiger partial charge is 0.217 e. The lowest BCUT2D eigenvalue weighted by atomic mass is 10.2. The topological polar surface area (TPSA) is 130 Å². The Hall–Kier alpha value is -1.39. The third kappa shape index (κ3) is 6.68. The van der Waals surface area contributed by atoms with Gasteiger partial charge in [0.1, 0.15) is 0 Å². The van der Waals surface area contributed by atoms with Crippen LogP contribution in [0, 0.1) is 5.41 Å². The molecule has 0 aliphatic carbocycles. The van der Waals surface area contributed by atoms with Gasteiger partial charge < -0.3 is 22.2 Å². The number of aromatic nitrogens is 1. The molecule has 1 aromatic heterocycles. The number of amides is 1. The molecule has 0 saturated heterocycles. The summed E-state index contributed by atoms with van der Waals surface area (Å²) < 4.78 is 0. The normalized spacial score (nSPS) is 9.25. The van der Waals surface area contributed by atoms with Crippen molar-refractivity contribution in [3.63, 3.8) is 0 Å². The number of aliphatic imine (C=N–C) groups is 1. The molecule has 0 aliphatic rings. The molecule has 0 radical (unpaired) electrons. The van der Waals surface area contributed by atoms with Gasteiger partial charge in [0.2, 0.25) is 11.0 Å². The average Bonchev–Trinajstić information content (AvgIpc) is 2.74. The molecular formula is C10H15BrN6OS2. The molecule has 7 nitrogen and oxygen atoms in total. The van der Waals surface area contributed by atoms with Gasteiger partial charge in [-0.2, -0.15) is 4.99 Å². The molecule has 0 saturated carbocycles. The highest BCUT2D eigenvalue weighted by Gasteiger charge is 2.10. The van der Waals surface area contributed by atoms with Crippen LogP contribution in [0.1, 0.15) is 19.0 Å². The molecular weight excluding hydrogens is 364 g/mol. The van der Waals surface area contributed by atoms with Crippen LogP contribution in [-0.2, 0) is 4.79 Å². The van der Waals surface area contributed by atoms with Crippen LogP contribution in [0.5, 0.6) is 0 Å². The van der Waals surface area contributed by atoms with Crippen molar-refractivity contribution in [2.75, 3.05) is 6.54 Å². The second kappa shape index (κ2) is 8.72. The number of rotatable bonds is 6. The van der Waals surface area contributed by atoms with Crippen LogP contribution in [0.25, 0.3) is 0 Å². The predicted octanol–water partition coefficient (Wildman–Crippen LogP) is 0.890. The van der Waals surface area contributed by atoms with Gasteiger partial charge in [-0.3, -0.25) is 4.79 Å². The Morgan fingerprint density at radius 3 is 2.80 bits per heavy atom. The number of halogens is 1. The first-order valence-electron chi connectivity index (χ1n) is 5.27. The maximum absolute atomic E-state index is 10.7. The SMILES string of the molecule is Br.CC(=O)NCC(=N)CC(=S)c1csc(N=C(N)N)n1. The zero-order chi connectivity index (χ0) is 14.4. The summed E-state index contributed by atoms with van der Waals surface area (Å²) in [6.45, 7) is 1.58. The zero-order valence-corrected chi connectivity index (χ0v) is 14.0. The average molecular weight is 379 g/mol. The highest BCUT2D eigenvalue weighted by Crippen LogP contribution is 2.19. The van der Waals surface area contributed by atoms with Crippen molar-refractivity contribution < 1.29 is 4.79 Å². The highest BCUT2D eigenvalue weighted by atomic mass is 79.9. The van der Waals surface area contributed by atoms with E-state index >= 15 is 0 Å². The van der Waals surface area contributed by atoms with Crippen LogP contribution in [-0.4, -0.2) is 34.0 Å². The molecule has 0 aliphatic heterocycles. The molecule has 0 atom stereocenters. The number of nitrogens with zero attached hydrogens (tertiary/aromatic N) is 2. The van der Waals surface area contributed by atoms with Gasteiger partial charge in [0.05, 0.1) is 12.2 Å². The van der Waals surface area contributed by atoms with Crippen molar-refractivity contribution in [3.05, 3.63) is 11.1 Å². The lowest BCUT2D eigenvalue weighted by Gasteiger charge is -2.04. The molecule has 1 aromatic rings. The Labute approximate surface area is 136 Å². The van der Waals surface area contributed by atoms with Crippen LogP contribution >= 0.6 is 40.5 Å². The molecule has 0 aromatic carbocycles. The van der Waals surface area contributed by atoms with Crippen LogP contribution in [0.15, 0.2) is 10.4 Å². The van der Waals surface area contributed by atoms with Crippen molar-refractivity contribution in [2.45, 2.75) is 13.3 Å². The molecule has 0 spiro atoms. The largest absolute Gasteiger partial charge is 0.370 e. The second-order valence-electron chi connectivity index (χ2n) is 3.67. The van der Waals surface area contributed by atoms with E-state index in [0.29, 0.717) is 21.4 Å². The number of guanidine groups is 1. The summed E-state index contributed by atoms with van der Waals surface area (Å²) in [5, 5.41) is 12.4. The van der Waals surface area contributed by atoms with Gasteiger partial charge in [0.15, 0.2) is 5.96 Å². The minimum Gasteiger partial charge on any atom is -0.370 e. The van der Waals surface area contributed by atoms with Gasteiger partial charge in [-0.15, -0.1) is 28.3 Å². The fourth-order valence-corrected chi connectivity index (χ4v) is 2.21. The molecule has 110 valence electrons. The third-order valence-corrected chi connectivity index (χ3v) is 3.02. The van der Waals surface area contributed by atoms with E-state index in [1.807, 2.05) is 0 Å². The zero-order valence-electron chi connectivity index (χ0n) is 10.7. The Morgan fingerprint density at radius 1 is 1.60 bits per heavy atom. The van der Waals surface area contributed by atoms with E-state index in [-0.39, 0.29) is 41.8 Å². The van der Waals surface area contributed by atoms with Gasteiger partial charge in [0, 0.05) is 29.3 Å². The first-order valence-corrected chi connectivity index (χ1v) is 6.56. The molecule has 0 fully saturated rings. The number of hydrogen-bond acceptors (Lipinski definition) is 6. The van der Waals surface area contributed by atoms with E-state index in [2.05, 4.69) is 15.3 Å².